The lowest BCUT2D eigenvalue weighted by molar-refractivity contribution is 0.474. The van der Waals surface area contributed by atoms with Crippen molar-refractivity contribution in [2.75, 3.05) is 5.75 Å². The molecule has 1 aromatic rings. The van der Waals surface area contributed by atoms with Gasteiger partial charge in [0.2, 0.25) is 0 Å². The molecule has 0 spiro atoms. The highest BCUT2D eigenvalue weighted by molar-refractivity contribution is 7.99. The van der Waals surface area contributed by atoms with E-state index in [1.54, 1.807) is 12.1 Å². The Bertz CT molecular complexity index is 299. The van der Waals surface area contributed by atoms with E-state index in [1.807, 2.05) is 23.9 Å². The van der Waals surface area contributed by atoms with E-state index in [2.05, 4.69) is 12.2 Å². The molecular weight excluding hydrogens is 194 g/mol. The van der Waals surface area contributed by atoms with Crippen molar-refractivity contribution in [1.29, 1.82) is 0 Å². The Kier molecular flexibility index (Phi) is 2.99. The predicted molar refractivity (Wildman–Crippen MR) is 60.5 cm³/mol. The van der Waals surface area contributed by atoms with Crippen LogP contribution in [0.25, 0.3) is 0 Å². The summed E-state index contributed by atoms with van der Waals surface area (Å²) in [4.78, 5) is 0. The molecule has 1 saturated heterocycles. The van der Waals surface area contributed by atoms with Crippen molar-refractivity contribution in [3.05, 3.63) is 29.8 Å². The third-order valence-electron chi connectivity index (χ3n) is 2.47. The highest BCUT2D eigenvalue weighted by Gasteiger charge is 2.19. The molecule has 1 fully saturated rings. The number of hydrogen-bond donors (Lipinski definition) is 2. The molecular formula is C11H15NOS. The lowest BCUT2D eigenvalue weighted by Gasteiger charge is -2.28. The van der Waals surface area contributed by atoms with E-state index in [0.29, 0.717) is 17.2 Å². The van der Waals surface area contributed by atoms with Gasteiger partial charge in [-0.25, -0.2) is 0 Å². The first-order valence-corrected chi connectivity index (χ1v) is 5.97. The normalized spacial score (nSPS) is 27.5. The van der Waals surface area contributed by atoms with Crippen molar-refractivity contribution in [2.24, 2.45) is 0 Å². The zero-order valence-corrected chi connectivity index (χ0v) is 9.05. The zero-order chi connectivity index (χ0) is 9.97. The minimum Gasteiger partial charge on any atom is -0.508 e. The average molecular weight is 209 g/mol. The van der Waals surface area contributed by atoms with Gasteiger partial charge in [0.25, 0.3) is 0 Å². The van der Waals surface area contributed by atoms with Crippen molar-refractivity contribution in [2.45, 2.75) is 24.8 Å². The van der Waals surface area contributed by atoms with Crippen LogP contribution >= 0.6 is 11.8 Å². The van der Waals surface area contributed by atoms with Crippen molar-refractivity contribution in [1.82, 2.24) is 5.32 Å². The van der Waals surface area contributed by atoms with Gasteiger partial charge in [0, 0.05) is 6.04 Å². The zero-order valence-electron chi connectivity index (χ0n) is 8.23. The number of hydrogen-bond acceptors (Lipinski definition) is 3. The van der Waals surface area contributed by atoms with Gasteiger partial charge in [-0.3, -0.25) is 5.32 Å². The van der Waals surface area contributed by atoms with Gasteiger partial charge >= 0.3 is 0 Å². The summed E-state index contributed by atoms with van der Waals surface area (Å²) in [6.07, 6.45) is 1.24. The van der Waals surface area contributed by atoms with E-state index in [9.17, 15) is 5.11 Å². The molecule has 0 aromatic heterocycles. The second kappa shape index (κ2) is 4.24. The average Bonchev–Trinajstić information content (AvgIpc) is 2.19. The lowest BCUT2D eigenvalue weighted by Crippen LogP contribution is -2.33. The largest absolute Gasteiger partial charge is 0.508 e. The molecule has 2 rings (SSSR count). The summed E-state index contributed by atoms with van der Waals surface area (Å²) in [5, 5.41) is 13.1. The molecule has 2 unspecified atom stereocenters. The summed E-state index contributed by atoms with van der Waals surface area (Å²) in [5.41, 5.74) is 1.25. The standard InChI is InChI=1S/C11H15NOS/c1-8-6-7-14-11(12-8)9-2-4-10(13)5-3-9/h2-5,8,11-13H,6-7H2,1H3. The smallest absolute Gasteiger partial charge is 0.115 e. The fourth-order valence-corrected chi connectivity index (χ4v) is 3.00. The fraction of sp³-hybridized carbons (Fsp3) is 0.455. The van der Waals surface area contributed by atoms with E-state index in [-0.39, 0.29) is 0 Å². The van der Waals surface area contributed by atoms with Crippen LogP contribution in [0.5, 0.6) is 5.75 Å². The Balaban J connectivity index is 2.10. The van der Waals surface area contributed by atoms with E-state index < -0.39 is 0 Å². The number of aromatic hydroxyl groups is 1. The minimum atomic E-state index is 0.336. The molecule has 0 radical (unpaired) electrons. The Morgan fingerprint density at radius 3 is 2.71 bits per heavy atom. The molecule has 0 amide bonds. The molecule has 2 N–H and O–H groups in total. The molecule has 3 heteroatoms. The number of thioether (sulfide) groups is 1. The van der Waals surface area contributed by atoms with Crippen molar-refractivity contribution < 1.29 is 5.11 Å². The van der Waals surface area contributed by atoms with E-state index >= 15 is 0 Å². The second-order valence-corrected chi connectivity index (χ2v) is 4.91. The fourth-order valence-electron chi connectivity index (χ4n) is 1.59. The first-order valence-electron chi connectivity index (χ1n) is 4.92. The number of nitrogens with one attached hydrogen (secondary N) is 1. The SMILES string of the molecule is CC1CCSC(c2ccc(O)cc2)N1. The highest BCUT2D eigenvalue weighted by atomic mass is 32.2. The monoisotopic (exact) mass is 209 g/mol. The maximum atomic E-state index is 9.18. The van der Waals surface area contributed by atoms with Gasteiger partial charge in [0.15, 0.2) is 0 Å². The molecule has 14 heavy (non-hydrogen) atoms. The summed E-state index contributed by atoms with van der Waals surface area (Å²) in [5.74, 6) is 1.54. The Labute approximate surface area is 88.7 Å². The predicted octanol–water partition coefficient (Wildman–Crippen LogP) is 2.51. The molecule has 1 heterocycles. The first kappa shape index (κ1) is 9.87. The van der Waals surface area contributed by atoms with Gasteiger partial charge < -0.3 is 5.11 Å². The molecule has 1 aliphatic rings. The maximum Gasteiger partial charge on any atom is 0.115 e. The lowest BCUT2D eigenvalue weighted by atomic mass is 10.2. The number of benzene rings is 1. The molecule has 2 atom stereocenters. The molecule has 1 aromatic carbocycles. The first-order chi connectivity index (χ1) is 6.75. The van der Waals surface area contributed by atoms with Crippen molar-refractivity contribution >= 4 is 11.8 Å². The van der Waals surface area contributed by atoms with Gasteiger partial charge in [-0.2, -0.15) is 0 Å². The second-order valence-electron chi connectivity index (χ2n) is 3.70. The van der Waals surface area contributed by atoms with Crippen LogP contribution in [0.2, 0.25) is 0 Å². The van der Waals surface area contributed by atoms with Crippen LogP contribution in [-0.2, 0) is 0 Å². The third-order valence-corrected chi connectivity index (χ3v) is 3.68. The van der Waals surface area contributed by atoms with Crippen LogP contribution in [0.4, 0.5) is 0 Å². The summed E-state index contributed by atoms with van der Waals surface area (Å²) < 4.78 is 0. The van der Waals surface area contributed by atoms with Crippen LogP contribution in [0.15, 0.2) is 24.3 Å². The molecule has 0 saturated carbocycles. The number of rotatable bonds is 1. The Hall–Kier alpha value is -0.670. The summed E-state index contributed by atoms with van der Waals surface area (Å²) in [7, 11) is 0. The van der Waals surface area contributed by atoms with E-state index in [1.165, 1.54) is 17.7 Å². The molecule has 1 aliphatic heterocycles. The molecule has 0 bridgehead atoms. The van der Waals surface area contributed by atoms with Crippen molar-refractivity contribution in [3.8, 4) is 5.75 Å². The quantitative estimate of drug-likeness (QED) is 0.745. The van der Waals surface area contributed by atoms with Gasteiger partial charge in [-0.15, -0.1) is 11.8 Å². The van der Waals surface area contributed by atoms with Gasteiger partial charge in [-0.05, 0) is 36.8 Å². The van der Waals surface area contributed by atoms with E-state index in [4.69, 9.17) is 0 Å². The summed E-state index contributed by atoms with van der Waals surface area (Å²) in [6, 6.07) is 8.05. The Morgan fingerprint density at radius 2 is 2.07 bits per heavy atom. The van der Waals surface area contributed by atoms with Gasteiger partial charge in [0.1, 0.15) is 5.75 Å². The van der Waals surface area contributed by atoms with E-state index in [0.717, 1.165) is 0 Å². The summed E-state index contributed by atoms with van der Waals surface area (Å²) in [6.45, 7) is 2.22. The third kappa shape index (κ3) is 2.22. The van der Waals surface area contributed by atoms with Gasteiger partial charge in [-0.1, -0.05) is 12.1 Å². The van der Waals surface area contributed by atoms with Crippen LogP contribution in [-0.4, -0.2) is 16.9 Å². The number of phenolic OH excluding ortho intramolecular Hbond substituents is 1. The highest BCUT2D eigenvalue weighted by Crippen LogP contribution is 2.31. The van der Waals surface area contributed by atoms with Gasteiger partial charge in [0.05, 0.1) is 5.37 Å². The number of phenols is 1. The Morgan fingerprint density at radius 1 is 1.36 bits per heavy atom. The summed E-state index contributed by atoms with van der Waals surface area (Å²) >= 11 is 1.93. The molecule has 0 aliphatic carbocycles. The maximum absolute atomic E-state index is 9.18. The van der Waals surface area contributed by atoms with Crippen LogP contribution < -0.4 is 5.32 Å². The van der Waals surface area contributed by atoms with Crippen LogP contribution in [0.1, 0.15) is 24.3 Å². The van der Waals surface area contributed by atoms with Crippen LogP contribution in [0.3, 0.4) is 0 Å². The molecule has 76 valence electrons. The minimum absolute atomic E-state index is 0.336. The molecule has 2 nitrogen and oxygen atoms in total. The topological polar surface area (TPSA) is 32.3 Å². The van der Waals surface area contributed by atoms with Crippen LogP contribution in [0, 0.1) is 0 Å². The van der Waals surface area contributed by atoms with Crippen molar-refractivity contribution in [3.63, 3.8) is 0 Å².